The first kappa shape index (κ1) is 28.3. The highest BCUT2D eigenvalue weighted by Gasteiger charge is 2.38. The minimum atomic E-state index is -1.49. The van der Waals surface area contributed by atoms with E-state index in [0.717, 1.165) is 55.2 Å². The van der Waals surface area contributed by atoms with Gasteiger partial charge >= 0.3 is 0 Å². The van der Waals surface area contributed by atoms with Gasteiger partial charge in [-0.25, -0.2) is 0 Å². The van der Waals surface area contributed by atoms with Gasteiger partial charge in [-0.3, -0.25) is 4.79 Å². The zero-order chi connectivity index (χ0) is 27.5. The second-order valence-corrected chi connectivity index (χ2v) is 13.1. The molecule has 0 spiro atoms. The zero-order valence-corrected chi connectivity index (χ0v) is 24.3. The quantitative estimate of drug-likeness (QED) is 0.368. The van der Waals surface area contributed by atoms with Crippen LogP contribution in [0.25, 0.3) is 0 Å². The lowest BCUT2D eigenvalue weighted by molar-refractivity contribution is 0.0461. The summed E-state index contributed by atoms with van der Waals surface area (Å²) in [6.45, 7) is 6.21. The largest absolute Gasteiger partial charge is 0.593 e. The van der Waals surface area contributed by atoms with Gasteiger partial charge in [0.15, 0.2) is 0 Å². The Morgan fingerprint density at radius 3 is 2.82 bits per heavy atom. The van der Waals surface area contributed by atoms with Gasteiger partial charge in [0.2, 0.25) is 0 Å². The summed E-state index contributed by atoms with van der Waals surface area (Å²) in [7, 11) is 0. The molecule has 1 amide bonds. The number of carbonyl (C=O) groups is 1. The fraction of sp³-hybridized carbons (Fsp3) is 0.516. The molecule has 39 heavy (non-hydrogen) atoms. The van der Waals surface area contributed by atoms with Crippen molar-refractivity contribution in [3.63, 3.8) is 0 Å². The average Bonchev–Trinajstić information content (AvgIpc) is 3.05. The van der Waals surface area contributed by atoms with E-state index >= 15 is 0 Å². The number of hydrogen-bond donors (Lipinski definition) is 2. The molecule has 2 heterocycles. The van der Waals surface area contributed by atoms with Gasteiger partial charge in [-0.05, 0) is 79.0 Å². The molecule has 1 saturated carbocycles. The summed E-state index contributed by atoms with van der Waals surface area (Å²) < 4.78 is 21.7. The molecule has 1 fully saturated rings. The molecule has 5 rings (SSSR count). The number of aliphatic hydroxyl groups excluding tert-OH is 1. The van der Waals surface area contributed by atoms with Crippen molar-refractivity contribution < 1.29 is 19.2 Å². The lowest BCUT2D eigenvalue weighted by atomic mass is 9.70. The third kappa shape index (κ3) is 6.59. The van der Waals surface area contributed by atoms with Crippen LogP contribution in [0, 0.1) is 17.8 Å². The maximum absolute atomic E-state index is 13.1. The van der Waals surface area contributed by atoms with Crippen LogP contribution in [0.15, 0.2) is 48.6 Å². The second kappa shape index (κ2) is 12.5. The van der Waals surface area contributed by atoms with Crippen molar-refractivity contribution in [1.29, 1.82) is 0 Å². The molecule has 6 unspecified atom stereocenters. The van der Waals surface area contributed by atoms with Gasteiger partial charge < -0.3 is 19.3 Å². The predicted octanol–water partition coefficient (Wildman–Crippen LogP) is 5.65. The Morgan fingerprint density at radius 1 is 1.21 bits per heavy atom. The van der Waals surface area contributed by atoms with Crippen LogP contribution < -0.4 is 14.4 Å². The number of ether oxygens (including phenoxy) is 1. The third-order valence-corrected chi connectivity index (χ3v) is 9.91. The summed E-state index contributed by atoms with van der Waals surface area (Å²) >= 11 is 4.88. The van der Waals surface area contributed by atoms with E-state index < -0.39 is 17.5 Å². The first-order valence-corrected chi connectivity index (χ1v) is 15.9. The number of aryl methyl sites for hydroxylation is 1. The van der Waals surface area contributed by atoms with Crippen LogP contribution in [-0.4, -0.2) is 47.1 Å². The molecule has 210 valence electrons. The smallest absolute Gasteiger partial charge is 0.292 e. The van der Waals surface area contributed by atoms with E-state index in [1.165, 1.54) is 11.1 Å². The zero-order valence-electron chi connectivity index (χ0n) is 22.8. The van der Waals surface area contributed by atoms with Crippen molar-refractivity contribution in [2.24, 2.45) is 17.8 Å². The molecule has 1 aliphatic carbocycles. The Morgan fingerprint density at radius 2 is 2.05 bits per heavy atom. The van der Waals surface area contributed by atoms with Crippen LogP contribution in [0.2, 0.25) is 5.02 Å². The molecule has 2 aliphatic heterocycles. The molecular weight excluding hydrogens is 532 g/mol. The number of anilines is 1. The molecule has 8 heteroatoms. The minimum absolute atomic E-state index is 0.122. The SMILES string of the molecule is CCCc1cc(Cl)ccc1C1COc2ccc3cc2N(C1)CC1CCC1C(O)/C=C/CC(C)C[S+]([O-])NC3=O. The Labute approximate surface area is 240 Å². The van der Waals surface area contributed by atoms with Crippen molar-refractivity contribution in [3.8, 4) is 5.75 Å². The molecule has 0 aromatic heterocycles. The van der Waals surface area contributed by atoms with Gasteiger partial charge in [0.05, 0.1) is 29.8 Å². The van der Waals surface area contributed by atoms with Gasteiger partial charge in [0, 0.05) is 35.5 Å². The van der Waals surface area contributed by atoms with E-state index in [-0.39, 0.29) is 23.7 Å². The van der Waals surface area contributed by atoms with Gasteiger partial charge in [0.25, 0.3) is 5.91 Å². The fourth-order valence-corrected chi connectivity index (χ4v) is 7.39. The highest BCUT2D eigenvalue weighted by molar-refractivity contribution is 7.90. The number of fused-ring (bicyclic) bond motifs is 2. The molecule has 2 aromatic carbocycles. The normalized spacial score (nSPS) is 30.3. The molecule has 2 N–H and O–H groups in total. The standard InChI is InChI=1S/C31H39ClN2O4S/c1-3-5-21-14-25(32)10-12-26(21)24-17-34-16-23-8-11-27(23)29(35)7-4-6-20(2)19-39(37)33-31(36)22-9-13-30(38-18-24)28(34)15-22/h4,7,9-10,12-15,20,23-24,27,29,35H,3,5-6,8,11,16-19H2,1-2H3,(H,33,36)/b7-4+. The molecule has 0 radical (unpaired) electrons. The van der Waals surface area contributed by atoms with Gasteiger partial charge in [-0.2, -0.15) is 4.72 Å². The topological polar surface area (TPSA) is 84.9 Å². The van der Waals surface area contributed by atoms with Crippen LogP contribution >= 0.6 is 11.6 Å². The van der Waals surface area contributed by atoms with E-state index in [1.807, 2.05) is 37.3 Å². The number of benzene rings is 2. The summed E-state index contributed by atoms with van der Waals surface area (Å²) in [6, 6.07) is 11.6. The highest BCUT2D eigenvalue weighted by Crippen LogP contribution is 2.42. The average molecular weight is 571 g/mol. The lowest BCUT2D eigenvalue weighted by Gasteiger charge is -2.42. The first-order chi connectivity index (χ1) is 18.8. The van der Waals surface area contributed by atoms with E-state index in [0.29, 0.717) is 30.3 Å². The van der Waals surface area contributed by atoms with Crippen molar-refractivity contribution in [2.75, 3.05) is 30.3 Å². The highest BCUT2D eigenvalue weighted by atomic mass is 35.5. The van der Waals surface area contributed by atoms with Crippen molar-refractivity contribution in [3.05, 3.63) is 70.3 Å². The number of carbonyl (C=O) groups excluding carboxylic acids is 1. The molecule has 0 saturated heterocycles. The first-order valence-electron chi connectivity index (χ1n) is 14.2. The Kier molecular flexibility index (Phi) is 9.12. The number of nitrogens with one attached hydrogen (secondary N) is 1. The summed E-state index contributed by atoms with van der Waals surface area (Å²) in [5.74, 6) is 1.55. The monoisotopic (exact) mass is 570 g/mol. The molecule has 3 aliphatic rings. The van der Waals surface area contributed by atoms with E-state index in [9.17, 15) is 14.5 Å². The summed E-state index contributed by atoms with van der Waals surface area (Å²) in [5.41, 5.74) is 3.84. The summed E-state index contributed by atoms with van der Waals surface area (Å²) in [5, 5.41) is 11.7. The maximum atomic E-state index is 13.1. The van der Waals surface area contributed by atoms with Crippen LogP contribution in [0.1, 0.15) is 66.9 Å². The summed E-state index contributed by atoms with van der Waals surface area (Å²) in [4.78, 5) is 15.4. The third-order valence-electron chi connectivity index (χ3n) is 8.39. The number of hydrogen-bond acceptors (Lipinski definition) is 5. The van der Waals surface area contributed by atoms with Crippen LogP contribution in [-0.2, 0) is 17.8 Å². The number of amides is 1. The lowest BCUT2D eigenvalue weighted by Crippen LogP contribution is -2.44. The molecule has 2 aromatic rings. The van der Waals surface area contributed by atoms with Crippen molar-refractivity contribution in [1.82, 2.24) is 4.72 Å². The molecule has 2 bridgehead atoms. The Balaban J connectivity index is 1.51. The van der Waals surface area contributed by atoms with Gasteiger partial charge in [-0.15, -0.1) is 0 Å². The van der Waals surface area contributed by atoms with Crippen LogP contribution in [0.3, 0.4) is 0 Å². The number of nitrogens with zero attached hydrogens (tertiary/aromatic N) is 1. The second-order valence-electron chi connectivity index (χ2n) is 11.4. The van der Waals surface area contributed by atoms with Gasteiger partial charge in [-0.1, -0.05) is 50.1 Å². The predicted molar refractivity (Wildman–Crippen MR) is 158 cm³/mol. The minimum Gasteiger partial charge on any atom is -0.593 e. The van der Waals surface area contributed by atoms with Crippen molar-refractivity contribution in [2.45, 2.75) is 58.0 Å². The maximum Gasteiger partial charge on any atom is 0.292 e. The summed E-state index contributed by atoms with van der Waals surface area (Å²) in [6.07, 6.45) is 8.16. The molecule has 6 nitrogen and oxygen atoms in total. The Hall–Kier alpha value is -2.19. The van der Waals surface area contributed by atoms with E-state index in [2.05, 4.69) is 28.7 Å². The molecular formula is C31H39ClN2O4S. The van der Waals surface area contributed by atoms with E-state index in [1.54, 1.807) is 6.07 Å². The fourth-order valence-electron chi connectivity index (χ4n) is 6.13. The molecule has 6 atom stereocenters. The number of allylic oxidation sites excluding steroid dienone is 1. The number of halogens is 1. The van der Waals surface area contributed by atoms with Crippen LogP contribution in [0.4, 0.5) is 5.69 Å². The Bertz CT molecular complexity index is 1210. The number of rotatable bonds is 3. The van der Waals surface area contributed by atoms with Gasteiger partial charge in [0.1, 0.15) is 11.5 Å². The van der Waals surface area contributed by atoms with Crippen LogP contribution in [0.5, 0.6) is 5.75 Å². The van der Waals surface area contributed by atoms with E-state index in [4.69, 9.17) is 16.3 Å². The number of aliphatic hydroxyl groups is 1. The van der Waals surface area contributed by atoms with Crippen molar-refractivity contribution >= 4 is 34.6 Å².